The lowest BCUT2D eigenvalue weighted by Crippen LogP contribution is -2.50. The Morgan fingerprint density at radius 1 is 1.23 bits per heavy atom. The van der Waals surface area contributed by atoms with Crippen molar-refractivity contribution in [3.63, 3.8) is 0 Å². The van der Waals surface area contributed by atoms with Gasteiger partial charge in [-0.25, -0.2) is 13.2 Å². The average molecular weight is 647 g/mol. The predicted molar refractivity (Wildman–Crippen MR) is 169 cm³/mol. The third-order valence-electron chi connectivity index (χ3n) is 10.9. The number of benzene rings is 1. The van der Waals surface area contributed by atoms with Gasteiger partial charge in [0.25, 0.3) is 0 Å². The second-order valence-electron chi connectivity index (χ2n) is 14.2. The Kier molecular flexibility index (Phi) is 7.11. The molecule has 3 saturated heterocycles. The lowest BCUT2D eigenvalue weighted by molar-refractivity contribution is 0.00302. The highest BCUT2D eigenvalue weighted by molar-refractivity contribution is 6.02. The van der Waals surface area contributed by atoms with E-state index in [-0.39, 0.29) is 47.8 Å². The monoisotopic (exact) mass is 646 g/mol. The van der Waals surface area contributed by atoms with Crippen LogP contribution in [0.1, 0.15) is 68.2 Å². The minimum atomic E-state index is -1.57. The summed E-state index contributed by atoms with van der Waals surface area (Å²) in [6, 6.07) is 4.01. The summed E-state index contributed by atoms with van der Waals surface area (Å²) in [4.78, 5) is 17.8. The number of rotatable bonds is 7. The number of piperidine rings is 1. The fourth-order valence-corrected chi connectivity index (χ4v) is 8.42. The summed E-state index contributed by atoms with van der Waals surface area (Å²) >= 11 is 0. The van der Waals surface area contributed by atoms with Crippen molar-refractivity contribution in [2.45, 2.75) is 75.6 Å². The Morgan fingerprint density at radius 2 is 2.04 bits per heavy atom. The molecule has 0 unspecified atom stereocenters. The number of aromatic nitrogens is 5. The fraction of sp³-hybridized carbons (Fsp3) is 0.559. The molecule has 4 fully saturated rings. The van der Waals surface area contributed by atoms with Gasteiger partial charge >= 0.3 is 6.01 Å². The normalized spacial score (nSPS) is 29.0. The van der Waals surface area contributed by atoms with E-state index in [4.69, 9.17) is 4.74 Å². The highest BCUT2D eigenvalue weighted by Gasteiger charge is 2.49. The largest absolute Gasteiger partial charge is 0.461 e. The van der Waals surface area contributed by atoms with Gasteiger partial charge in [0.2, 0.25) is 0 Å². The molecule has 1 aromatic carbocycles. The van der Waals surface area contributed by atoms with Gasteiger partial charge in [0.15, 0.2) is 11.5 Å². The highest BCUT2D eigenvalue weighted by Crippen LogP contribution is 2.53. The van der Waals surface area contributed by atoms with Crippen LogP contribution in [0.15, 0.2) is 12.3 Å². The molecular weight excluding hydrogens is 609 g/mol. The van der Waals surface area contributed by atoms with E-state index in [0.717, 1.165) is 36.9 Å². The minimum absolute atomic E-state index is 0.0358. The number of aliphatic hydroxyl groups is 1. The van der Waals surface area contributed by atoms with E-state index >= 15 is 4.39 Å². The molecule has 0 amide bonds. The fourth-order valence-electron chi connectivity index (χ4n) is 8.42. The summed E-state index contributed by atoms with van der Waals surface area (Å²) < 4.78 is 51.9. The number of β-amino-alcohol motifs (C(OH)–C–C–N with tert-alkyl or cyclic N) is 1. The van der Waals surface area contributed by atoms with E-state index in [2.05, 4.69) is 43.0 Å². The van der Waals surface area contributed by atoms with Crippen LogP contribution in [-0.2, 0) is 0 Å². The van der Waals surface area contributed by atoms with Gasteiger partial charge in [0.1, 0.15) is 48.2 Å². The number of ether oxygens (including phenoxy) is 1. The average Bonchev–Trinajstić information content (AvgIpc) is 3.33. The predicted octanol–water partition coefficient (Wildman–Crippen LogP) is 5.27. The summed E-state index contributed by atoms with van der Waals surface area (Å²) in [5, 5.41) is 28.8. The minimum Gasteiger partial charge on any atom is -0.461 e. The summed E-state index contributed by atoms with van der Waals surface area (Å²) in [5.41, 5.74) is 1.14. The molecule has 3 aromatic heterocycles. The zero-order valence-electron chi connectivity index (χ0n) is 26.5. The molecule has 2 N–H and O–H groups in total. The van der Waals surface area contributed by atoms with Crippen molar-refractivity contribution in [3.05, 3.63) is 34.9 Å². The molecule has 0 radical (unpaired) electrons. The molecule has 6 heterocycles. The molecule has 1 saturated carbocycles. The molecule has 0 bridgehead atoms. The Labute approximate surface area is 270 Å². The maximum absolute atomic E-state index is 17.2. The van der Waals surface area contributed by atoms with Crippen LogP contribution in [0, 0.1) is 30.0 Å². The SMILES string of the molecule is Cc1cc2[nH]nc(C#N)c2c(-c2ncc3c(N4CCC[C@](O)(CF)C4)nc(OC[C@@]45CCCN4C[C@H](F)C5)nc3c2F)c1[C@H]1C[C@H]1C. The lowest BCUT2D eigenvalue weighted by atomic mass is 9.90. The Morgan fingerprint density at radius 3 is 2.81 bits per heavy atom. The van der Waals surface area contributed by atoms with Crippen molar-refractivity contribution >= 4 is 27.6 Å². The van der Waals surface area contributed by atoms with E-state index in [1.165, 1.54) is 6.20 Å². The summed E-state index contributed by atoms with van der Waals surface area (Å²) in [6.45, 7) is 4.91. The molecule has 1 aliphatic carbocycles. The zero-order valence-corrected chi connectivity index (χ0v) is 26.5. The number of hydrogen-bond donors (Lipinski definition) is 2. The molecule has 47 heavy (non-hydrogen) atoms. The third kappa shape index (κ3) is 4.90. The van der Waals surface area contributed by atoms with Crippen molar-refractivity contribution in [1.29, 1.82) is 5.26 Å². The van der Waals surface area contributed by atoms with Crippen LogP contribution in [0.3, 0.4) is 0 Å². The van der Waals surface area contributed by atoms with Crippen LogP contribution in [-0.4, -0.2) is 91.9 Å². The number of hydrogen-bond acceptors (Lipinski definition) is 9. The van der Waals surface area contributed by atoms with Gasteiger partial charge in [-0.15, -0.1) is 0 Å². The number of aromatic amines is 1. The standard InChI is InChI=1S/C34H37F3N8O2/c1-18-9-21(18)25-19(2)10-23-26(24(12-38)43-42-23)27(25)30-28(37)29-22(13-39-30)31(44-7-4-6-34(46,15-35)16-44)41-32(40-29)47-17-33-5-3-8-45(33)14-20(36)11-33/h10,13,18,20-21,46H,3-9,11,14-17H2,1-2H3,(H,42,43)/t18-,20-,21+,33+,34+/m1/s1. The first kappa shape index (κ1) is 30.3. The number of aryl methyl sites for hydroxylation is 1. The van der Waals surface area contributed by atoms with E-state index in [0.29, 0.717) is 60.1 Å². The Bertz CT molecular complexity index is 1950. The molecule has 10 nitrogen and oxygen atoms in total. The number of nitrogens with one attached hydrogen (secondary N) is 1. The first-order chi connectivity index (χ1) is 22.6. The topological polar surface area (TPSA) is 127 Å². The molecule has 0 spiro atoms. The molecule has 3 aliphatic heterocycles. The van der Waals surface area contributed by atoms with E-state index in [1.54, 1.807) is 4.90 Å². The van der Waals surface area contributed by atoms with Crippen molar-refractivity contribution in [1.82, 2.24) is 30.0 Å². The van der Waals surface area contributed by atoms with Crippen LogP contribution in [0.25, 0.3) is 33.1 Å². The number of alkyl halides is 2. The number of anilines is 1. The van der Waals surface area contributed by atoms with Crippen LogP contribution in [0.4, 0.5) is 19.0 Å². The second kappa shape index (κ2) is 11.0. The molecule has 4 aliphatic rings. The Hall–Kier alpha value is -4.02. The van der Waals surface area contributed by atoms with Crippen molar-refractivity contribution in [2.75, 3.05) is 44.4 Å². The molecule has 5 atom stereocenters. The number of nitriles is 1. The van der Waals surface area contributed by atoms with Gasteiger partial charge in [-0.2, -0.15) is 20.3 Å². The number of halogens is 3. The quantitative estimate of drug-likeness (QED) is 0.276. The van der Waals surface area contributed by atoms with E-state index in [9.17, 15) is 19.1 Å². The maximum Gasteiger partial charge on any atom is 0.319 e. The summed E-state index contributed by atoms with van der Waals surface area (Å²) in [7, 11) is 0. The van der Waals surface area contributed by atoms with E-state index < -0.39 is 29.8 Å². The van der Waals surface area contributed by atoms with Crippen molar-refractivity contribution in [2.24, 2.45) is 5.92 Å². The molecule has 13 heteroatoms. The number of H-pyrrole nitrogens is 1. The van der Waals surface area contributed by atoms with Gasteiger partial charge in [0.05, 0.1) is 23.0 Å². The smallest absolute Gasteiger partial charge is 0.319 e. The molecular formula is C34H37F3N8O2. The zero-order chi connectivity index (χ0) is 32.7. The molecule has 8 rings (SSSR count). The van der Waals surface area contributed by atoms with Gasteiger partial charge < -0.3 is 14.7 Å². The van der Waals surface area contributed by atoms with Gasteiger partial charge in [-0.1, -0.05) is 6.92 Å². The first-order valence-electron chi connectivity index (χ1n) is 16.5. The third-order valence-corrected chi connectivity index (χ3v) is 10.9. The van der Waals surface area contributed by atoms with E-state index in [1.807, 2.05) is 13.0 Å². The molecule has 246 valence electrons. The number of fused-ring (bicyclic) bond motifs is 3. The van der Waals surface area contributed by atoms with Crippen LogP contribution < -0.4 is 9.64 Å². The van der Waals surface area contributed by atoms with Gasteiger partial charge in [-0.05, 0) is 74.6 Å². The highest BCUT2D eigenvalue weighted by atomic mass is 19.1. The Balaban J connectivity index is 1.30. The number of nitrogens with zero attached hydrogens (tertiary/aromatic N) is 7. The van der Waals surface area contributed by atoms with Crippen LogP contribution in [0.2, 0.25) is 0 Å². The summed E-state index contributed by atoms with van der Waals surface area (Å²) in [5.74, 6) is 0.156. The lowest BCUT2D eigenvalue weighted by Gasteiger charge is -2.38. The van der Waals surface area contributed by atoms with Crippen molar-refractivity contribution in [3.8, 4) is 23.3 Å². The first-order valence-corrected chi connectivity index (χ1v) is 16.5. The maximum atomic E-state index is 17.2. The van der Waals surface area contributed by atoms with Gasteiger partial charge in [0, 0.05) is 36.7 Å². The summed E-state index contributed by atoms with van der Waals surface area (Å²) in [6.07, 6.45) is 4.37. The van der Waals surface area contributed by atoms with Gasteiger partial charge in [-0.3, -0.25) is 15.0 Å². The second-order valence-corrected chi connectivity index (χ2v) is 14.2. The van der Waals surface area contributed by atoms with Crippen molar-refractivity contribution < 1.29 is 23.0 Å². The molecule has 4 aromatic rings. The number of pyridine rings is 1. The van der Waals surface area contributed by atoms with Crippen LogP contribution in [0.5, 0.6) is 6.01 Å². The van der Waals surface area contributed by atoms with Crippen LogP contribution >= 0.6 is 0 Å².